The molecule has 0 atom stereocenters. The van der Waals surface area contributed by atoms with Crippen molar-refractivity contribution in [3.8, 4) is 0 Å². The molecule has 0 unspecified atom stereocenters. The lowest BCUT2D eigenvalue weighted by atomic mass is 10.2. The van der Waals surface area contributed by atoms with Crippen molar-refractivity contribution in [1.29, 1.82) is 0 Å². The fraction of sp³-hybridized carbons (Fsp3) is 0.0625. The molecule has 0 N–H and O–H groups in total. The Balaban J connectivity index is 1.73. The van der Waals surface area contributed by atoms with E-state index < -0.39 is 5.82 Å². The Labute approximate surface area is 152 Å². The van der Waals surface area contributed by atoms with Crippen molar-refractivity contribution in [3.05, 3.63) is 75.8 Å². The fourth-order valence-electron chi connectivity index (χ4n) is 1.88. The van der Waals surface area contributed by atoms with Crippen molar-refractivity contribution in [2.24, 2.45) is 5.10 Å². The minimum absolute atomic E-state index is 0.224. The molecule has 0 saturated heterocycles. The van der Waals surface area contributed by atoms with Crippen LogP contribution in [0, 0.1) is 5.82 Å². The first-order valence-corrected chi connectivity index (χ1v) is 8.63. The minimum Gasteiger partial charge on any atom is -0.206 e. The van der Waals surface area contributed by atoms with Gasteiger partial charge in [-0.25, -0.2) is 4.39 Å². The summed E-state index contributed by atoms with van der Waals surface area (Å²) in [6, 6.07) is 12.0. The van der Waals surface area contributed by atoms with Crippen LogP contribution < -0.4 is 0 Å². The van der Waals surface area contributed by atoms with Crippen molar-refractivity contribution in [2.45, 2.75) is 10.9 Å². The van der Waals surface area contributed by atoms with Crippen LogP contribution in [0.25, 0.3) is 0 Å². The van der Waals surface area contributed by atoms with Gasteiger partial charge in [-0.15, -0.1) is 10.2 Å². The van der Waals surface area contributed by atoms with Gasteiger partial charge in [0.2, 0.25) is 5.16 Å². The summed E-state index contributed by atoms with van der Waals surface area (Å²) in [5.41, 5.74) is 1.32. The first-order chi connectivity index (χ1) is 11.6. The number of halogens is 3. The van der Waals surface area contributed by atoms with Gasteiger partial charge in [-0.1, -0.05) is 53.2 Å². The molecule has 1 heterocycles. The average Bonchev–Trinajstić information content (AvgIpc) is 3.01. The predicted molar refractivity (Wildman–Crippen MR) is 95.4 cm³/mol. The summed E-state index contributed by atoms with van der Waals surface area (Å²) < 4.78 is 15.2. The topological polar surface area (TPSA) is 43.1 Å². The second-order valence-corrected chi connectivity index (χ2v) is 6.54. The molecule has 0 amide bonds. The quantitative estimate of drug-likeness (QED) is 0.467. The molecular formula is C16H11Cl2FN4S. The third-order valence-corrected chi connectivity index (χ3v) is 4.68. The highest BCUT2D eigenvalue weighted by molar-refractivity contribution is 7.98. The number of hydrogen-bond donors (Lipinski definition) is 0. The lowest BCUT2D eigenvalue weighted by molar-refractivity contribution is 0.625. The second-order valence-electron chi connectivity index (χ2n) is 4.75. The molecule has 4 nitrogen and oxygen atoms in total. The molecule has 0 aliphatic heterocycles. The predicted octanol–water partition coefficient (Wildman–Crippen LogP) is 4.90. The summed E-state index contributed by atoms with van der Waals surface area (Å²) in [5.74, 6) is 0.251. The maximum Gasteiger partial charge on any atom is 0.212 e. The molecule has 1 aromatic heterocycles. The fourth-order valence-corrected chi connectivity index (χ4v) is 3.03. The first kappa shape index (κ1) is 17.0. The normalized spacial score (nSPS) is 11.3. The standard InChI is InChI=1S/C16H11Cl2FN4S/c17-12-6-4-11(5-7-12)9-24-16-22-20-10-23(16)21-8-13-14(18)2-1-3-15(13)19/h1-8,10H,9H2/b21-8+. The first-order valence-electron chi connectivity index (χ1n) is 6.89. The van der Waals surface area contributed by atoms with E-state index >= 15 is 0 Å². The Bertz CT molecular complexity index is 845. The third kappa shape index (κ3) is 4.14. The van der Waals surface area contributed by atoms with Crippen molar-refractivity contribution < 1.29 is 4.39 Å². The minimum atomic E-state index is -0.435. The van der Waals surface area contributed by atoms with Crippen molar-refractivity contribution in [1.82, 2.24) is 14.9 Å². The van der Waals surface area contributed by atoms with E-state index in [1.54, 1.807) is 12.1 Å². The third-order valence-electron chi connectivity index (χ3n) is 3.09. The Morgan fingerprint density at radius 2 is 1.96 bits per heavy atom. The van der Waals surface area contributed by atoms with E-state index in [0.717, 1.165) is 5.56 Å². The Kier molecular flexibility index (Phi) is 5.50. The number of benzene rings is 2. The molecule has 122 valence electrons. The molecule has 0 saturated carbocycles. The van der Waals surface area contributed by atoms with Gasteiger partial charge in [0.25, 0.3) is 0 Å². The summed E-state index contributed by atoms with van der Waals surface area (Å²) in [4.78, 5) is 0. The molecule has 0 fully saturated rings. The van der Waals surface area contributed by atoms with Gasteiger partial charge < -0.3 is 0 Å². The molecule has 0 aliphatic carbocycles. The van der Waals surface area contributed by atoms with Crippen LogP contribution in [0.2, 0.25) is 10.0 Å². The summed E-state index contributed by atoms with van der Waals surface area (Å²) in [5, 5.41) is 13.6. The van der Waals surface area contributed by atoms with Crippen LogP contribution in [0.1, 0.15) is 11.1 Å². The van der Waals surface area contributed by atoms with Crippen molar-refractivity contribution in [2.75, 3.05) is 0 Å². The van der Waals surface area contributed by atoms with Crippen LogP contribution in [-0.2, 0) is 5.75 Å². The van der Waals surface area contributed by atoms with Gasteiger partial charge in [0.05, 0.1) is 11.2 Å². The summed E-state index contributed by atoms with van der Waals surface area (Å²) in [6.07, 6.45) is 2.81. The largest absolute Gasteiger partial charge is 0.212 e. The zero-order valence-electron chi connectivity index (χ0n) is 12.2. The molecule has 3 aromatic rings. The lowest BCUT2D eigenvalue weighted by Gasteiger charge is -2.02. The molecule has 24 heavy (non-hydrogen) atoms. The van der Waals surface area contributed by atoms with Gasteiger partial charge >= 0.3 is 0 Å². The van der Waals surface area contributed by atoms with Crippen LogP contribution in [0.4, 0.5) is 4.39 Å². The van der Waals surface area contributed by atoms with Crippen LogP contribution in [-0.4, -0.2) is 21.1 Å². The SMILES string of the molecule is Fc1cccc(Cl)c1/C=N/n1cnnc1SCc1ccc(Cl)cc1. The number of nitrogens with zero attached hydrogens (tertiary/aromatic N) is 4. The zero-order valence-corrected chi connectivity index (χ0v) is 14.6. The molecule has 3 rings (SSSR count). The van der Waals surface area contributed by atoms with E-state index in [9.17, 15) is 4.39 Å². The van der Waals surface area contributed by atoms with Crippen LogP contribution in [0.5, 0.6) is 0 Å². The number of aromatic nitrogens is 3. The van der Waals surface area contributed by atoms with E-state index in [-0.39, 0.29) is 5.56 Å². The van der Waals surface area contributed by atoms with E-state index in [1.807, 2.05) is 24.3 Å². The van der Waals surface area contributed by atoms with Crippen LogP contribution in [0.3, 0.4) is 0 Å². The highest BCUT2D eigenvalue weighted by atomic mass is 35.5. The van der Waals surface area contributed by atoms with Gasteiger partial charge in [-0.3, -0.25) is 0 Å². The number of thioether (sulfide) groups is 1. The van der Waals surface area contributed by atoms with Gasteiger partial charge in [-0.2, -0.15) is 9.78 Å². The number of hydrogen-bond acceptors (Lipinski definition) is 4. The Morgan fingerprint density at radius 1 is 1.17 bits per heavy atom. The van der Waals surface area contributed by atoms with E-state index in [2.05, 4.69) is 15.3 Å². The van der Waals surface area contributed by atoms with E-state index in [4.69, 9.17) is 23.2 Å². The van der Waals surface area contributed by atoms with Gasteiger partial charge in [0.15, 0.2) is 0 Å². The molecule has 8 heteroatoms. The molecule has 0 aliphatic rings. The van der Waals surface area contributed by atoms with Gasteiger partial charge in [-0.05, 0) is 29.8 Å². The van der Waals surface area contributed by atoms with Gasteiger partial charge in [0, 0.05) is 16.3 Å². The number of rotatable bonds is 5. The maximum absolute atomic E-state index is 13.7. The van der Waals surface area contributed by atoms with Crippen LogP contribution >= 0.6 is 35.0 Å². The summed E-state index contributed by atoms with van der Waals surface area (Å²) in [7, 11) is 0. The average molecular weight is 381 g/mol. The highest BCUT2D eigenvalue weighted by Gasteiger charge is 2.07. The zero-order chi connectivity index (χ0) is 16.9. The monoisotopic (exact) mass is 380 g/mol. The Hall–Kier alpha value is -1.89. The molecule has 0 radical (unpaired) electrons. The maximum atomic E-state index is 13.7. The van der Waals surface area contributed by atoms with E-state index in [1.165, 1.54) is 35.0 Å². The highest BCUT2D eigenvalue weighted by Crippen LogP contribution is 2.22. The van der Waals surface area contributed by atoms with Crippen molar-refractivity contribution >= 4 is 41.2 Å². The molecule has 2 aromatic carbocycles. The van der Waals surface area contributed by atoms with Gasteiger partial charge in [0.1, 0.15) is 12.1 Å². The second kappa shape index (κ2) is 7.79. The van der Waals surface area contributed by atoms with Crippen LogP contribution in [0.15, 0.2) is 59.0 Å². The summed E-state index contributed by atoms with van der Waals surface area (Å²) >= 11 is 13.3. The molecule has 0 spiro atoms. The lowest BCUT2D eigenvalue weighted by Crippen LogP contribution is -1.95. The van der Waals surface area contributed by atoms with Crippen molar-refractivity contribution in [3.63, 3.8) is 0 Å². The van der Waals surface area contributed by atoms with E-state index in [0.29, 0.717) is 21.0 Å². The molecular weight excluding hydrogens is 370 g/mol. The smallest absolute Gasteiger partial charge is 0.206 e. The Morgan fingerprint density at radius 3 is 2.71 bits per heavy atom. The summed E-state index contributed by atoms with van der Waals surface area (Å²) in [6.45, 7) is 0. The molecule has 0 bridgehead atoms.